The van der Waals surface area contributed by atoms with Crippen LogP contribution in [-0.4, -0.2) is 82.8 Å². The van der Waals surface area contributed by atoms with Crippen molar-refractivity contribution in [2.24, 2.45) is 29.2 Å². The van der Waals surface area contributed by atoms with E-state index in [1.165, 1.54) is 6.92 Å². The fraction of sp³-hybridized carbons (Fsp3) is 0.606. The molecule has 0 aliphatic rings. The third kappa shape index (κ3) is 14.9. The van der Waals surface area contributed by atoms with E-state index in [9.17, 15) is 38.7 Å². The number of aliphatic carboxylic acids is 1. The number of carbonyl (C=O) groups is 7. The first kappa shape index (κ1) is 41.5. The van der Waals surface area contributed by atoms with Crippen molar-refractivity contribution in [1.82, 2.24) is 26.6 Å². The van der Waals surface area contributed by atoms with Gasteiger partial charge in [-0.1, -0.05) is 71.9 Å². The number of amides is 6. The average molecular weight is 676 g/mol. The first-order valence-corrected chi connectivity index (χ1v) is 16.1. The second kappa shape index (κ2) is 20.0. The van der Waals surface area contributed by atoms with Gasteiger partial charge in [0.15, 0.2) is 0 Å². The molecule has 1 aromatic carbocycles. The Bertz CT molecular complexity index is 1270. The second-order valence-corrected chi connectivity index (χ2v) is 13.2. The summed E-state index contributed by atoms with van der Waals surface area (Å²) in [7, 11) is 0. The first-order chi connectivity index (χ1) is 22.3. The van der Waals surface area contributed by atoms with Crippen LogP contribution < -0.4 is 38.1 Å². The van der Waals surface area contributed by atoms with E-state index in [0.29, 0.717) is 12.0 Å². The van der Waals surface area contributed by atoms with Gasteiger partial charge in [-0.2, -0.15) is 0 Å². The molecule has 0 saturated heterocycles. The average Bonchev–Trinajstić information content (AvgIpc) is 2.97. The van der Waals surface area contributed by atoms with Gasteiger partial charge in [0.05, 0.1) is 12.5 Å². The summed E-state index contributed by atoms with van der Waals surface area (Å²) in [6.07, 6.45) is -0.0986. The maximum absolute atomic E-state index is 13.7. The van der Waals surface area contributed by atoms with Gasteiger partial charge in [-0.3, -0.25) is 28.8 Å². The molecule has 0 heterocycles. The summed E-state index contributed by atoms with van der Waals surface area (Å²) in [5.74, 6) is -6.25. The monoisotopic (exact) mass is 675 g/mol. The van der Waals surface area contributed by atoms with Crippen LogP contribution >= 0.6 is 0 Å². The van der Waals surface area contributed by atoms with Gasteiger partial charge in [0.2, 0.25) is 35.4 Å². The van der Waals surface area contributed by atoms with Gasteiger partial charge in [-0.05, 0) is 43.1 Å². The van der Waals surface area contributed by atoms with Gasteiger partial charge in [0.25, 0.3) is 0 Å². The summed E-state index contributed by atoms with van der Waals surface area (Å²) in [5, 5.41) is 22.1. The number of carbonyl (C=O) groups excluding carboxylic acids is 6. The van der Waals surface area contributed by atoms with Crippen molar-refractivity contribution in [3.8, 4) is 0 Å². The number of nitrogens with one attached hydrogen (secondary N) is 5. The normalized spacial score (nSPS) is 15.0. The van der Waals surface area contributed by atoms with E-state index < -0.39 is 90.0 Å². The number of nitrogens with two attached hydrogens (primary N) is 2. The Morgan fingerprint density at radius 3 is 1.65 bits per heavy atom. The van der Waals surface area contributed by atoms with Crippen LogP contribution in [0.1, 0.15) is 73.3 Å². The van der Waals surface area contributed by atoms with E-state index in [2.05, 4.69) is 26.6 Å². The van der Waals surface area contributed by atoms with Gasteiger partial charge in [0, 0.05) is 6.42 Å². The fourth-order valence-corrected chi connectivity index (χ4v) is 4.78. The van der Waals surface area contributed by atoms with Crippen molar-refractivity contribution in [3.63, 3.8) is 0 Å². The van der Waals surface area contributed by atoms with Gasteiger partial charge < -0.3 is 43.2 Å². The molecule has 0 spiro atoms. The number of hydrogen-bond donors (Lipinski definition) is 8. The fourth-order valence-electron chi connectivity index (χ4n) is 4.78. The molecule has 48 heavy (non-hydrogen) atoms. The second-order valence-electron chi connectivity index (χ2n) is 13.2. The minimum atomic E-state index is -1.51. The Morgan fingerprint density at radius 2 is 1.15 bits per heavy atom. The highest BCUT2D eigenvalue weighted by Gasteiger charge is 2.33. The summed E-state index contributed by atoms with van der Waals surface area (Å²) in [6, 6.07) is 1.56. The Kier molecular flexibility index (Phi) is 17.3. The molecule has 1 rings (SSSR count). The molecule has 0 fully saturated rings. The molecule has 0 radical (unpaired) electrons. The molecule has 0 saturated carbocycles. The van der Waals surface area contributed by atoms with Gasteiger partial charge in [-0.15, -0.1) is 0 Å². The molecular weight excluding hydrogens is 622 g/mol. The zero-order chi connectivity index (χ0) is 36.7. The molecule has 0 unspecified atom stereocenters. The number of carboxylic acids is 1. The topological polar surface area (TPSA) is 252 Å². The van der Waals surface area contributed by atoms with Crippen molar-refractivity contribution >= 4 is 41.4 Å². The quantitative estimate of drug-likeness (QED) is 0.0903. The summed E-state index contributed by atoms with van der Waals surface area (Å²) in [5.41, 5.74) is 11.9. The van der Waals surface area contributed by atoms with E-state index in [1.54, 1.807) is 44.2 Å². The van der Waals surface area contributed by atoms with Gasteiger partial charge in [-0.25, -0.2) is 4.79 Å². The minimum absolute atomic E-state index is 0.0321. The predicted octanol–water partition coefficient (Wildman–Crippen LogP) is -0.291. The molecule has 0 aliphatic heterocycles. The van der Waals surface area contributed by atoms with Crippen LogP contribution in [0.3, 0.4) is 0 Å². The van der Waals surface area contributed by atoms with E-state index in [1.807, 2.05) is 27.7 Å². The Hall–Kier alpha value is -4.53. The van der Waals surface area contributed by atoms with Gasteiger partial charge in [0.1, 0.15) is 30.2 Å². The van der Waals surface area contributed by atoms with Crippen LogP contribution in [0, 0.1) is 17.8 Å². The lowest BCUT2D eigenvalue weighted by molar-refractivity contribution is -0.143. The molecule has 6 atom stereocenters. The predicted molar refractivity (Wildman–Crippen MR) is 179 cm³/mol. The number of hydrogen-bond acceptors (Lipinski definition) is 8. The Labute approximate surface area is 282 Å². The zero-order valence-corrected chi connectivity index (χ0v) is 28.9. The van der Waals surface area contributed by atoms with Crippen molar-refractivity contribution in [1.29, 1.82) is 0 Å². The molecule has 6 amide bonds. The van der Waals surface area contributed by atoms with Crippen LogP contribution in [0.2, 0.25) is 0 Å². The molecule has 15 heteroatoms. The van der Waals surface area contributed by atoms with Crippen LogP contribution in [0.25, 0.3) is 0 Å². The lowest BCUT2D eigenvalue weighted by Crippen LogP contribution is -2.60. The molecule has 0 bridgehead atoms. The van der Waals surface area contributed by atoms with Crippen LogP contribution in [0.5, 0.6) is 0 Å². The maximum atomic E-state index is 13.7. The number of rotatable bonds is 20. The summed E-state index contributed by atoms with van der Waals surface area (Å²) >= 11 is 0. The zero-order valence-electron chi connectivity index (χ0n) is 28.9. The van der Waals surface area contributed by atoms with E-state index in [-0.39, 0.29) is 24.7 Å². The van der Waals surface area contributed by atoms with Crippen molar-refractivity contribution in [3.05, 3.63) is 35.9 Å². The lowest BCUT2D eigenvalue weighted by Gasteiger charge is -2.27. The molecule has 0 aromatic heterocycles. The van der Waals surface area contributed by atoms with Crippen molar-refractivity contribution < 1.29 is 38.7 Å². The standard InChI is InChI=1S/C33H53N7O8/c1-17(2)13-22(34)29(43)36-20(7)28(42)37-25(16-26(35)41)31(45)39-24(15-21-11-9-8-10-12-21)30(44)38-23(14-18(3)4)32(46)40-27(19(5)6)33(47)48/h8-12,17-20,22-25,27H,13-16,34H2,1-7H3,(H2,35,41)(H,36,43)(H,37,42)(H,38,44)(H,39,45)(H,40,46)(H,47,48)/t20-,22-,23-,24-,25-,27-/m0/s1. The first-order valence-electron chi connectivity index (χ1n) is 16.1. The highest BCUT2D eigenvalue weighted by Crippen LogP contribution is 2.11. The van der Waals surface area contributed by atoms with E-state index >= 15 is 0 Å². The van der Waals surface area contributed by atoms with Crippen LogP contribution in [0.4, 0.5) is 0 Å². The summed E-state index contributed by atoms with van der Waals surface area (Å²) < 4.78 is 0. The maximum Gasteiger partial charge on any atom is 0.326 e. The summed E-state index contributed by atoms with van der Waals surface area (Å²) in [6.45, 7) is 12.1. The minimum Gasteiger partial charge on any atom is -0.480 e. The molecule has 15 nitrogen and oxygen atoms in total. The number of benzene rings is 1. The Morgan fingerprint density at radius 1 is 0.646 bits per heavy atom. The van der Waals surface area contributed by atoms with E-state index in [4.69, 9.17) is 11.5 Å². The summed E-state index contributed by atoms with van der Waals surface area (Å²) in [4.78, 5) is 89.5. The lowest BCUT2D eigenvalue weighted by atomic mass is 9.99. The highest BCUT2D eigenvalue weighted by molar-refractivity contribution is 5.97. The largest absolute Gasteiger partial charge is 0.480 e. The van der Waals surface area contributed by atoms with Crippen LogP contribution in [-0.2, 0) is 40.0 Å². The smallest absolute Gasteiger partial charge is 0.326 e. The molecule has 1 aromatic rings. The van der Waals surface area contributed by atoms with E-state index in [0.717, 1.165) is 0 Å². The number of carboxylic acid groups (broad SMARTS) is 1. The van der Waals surface area contributed by atoms with Crippen molar-refractivity contribution in [2.75, 3.05) is 0 Å². The third-order valence-corrected chi connectivity index (χ3v) is 7.34. The molecular formula is C33H53N7O8. The third-order valence-electron chi connectivity index (χ3n) is 7.34. The highest BCUT2D eigenvalue weighted by atomic mass is 16.4. The van der Waals surface area contributed by atoms with Gasteiger partial charge >= 0.3 is 5.97 Å². The number of primary amides is 1. The molecule has 10 N–H and O–H groups in total. The SMILES string of the molecule is CC(C)C[C@H](NC(=O)[C@H](Cc1ccccc1)NC(=O)[C@H](CC(N)=O)NC(=O)[C@H](C)NC(=O)[C@@H](N)CC(C)C)C(=O)N[C@H](C(=O)O)C(C)C. The molecule has 268 valence electrons. The Balaban J connectivity index is 3.26. The van der Waals surface area contributed by atoms with Crippen LogP contribution in [0.15, 0.2) is 30.3 Å². The molecule has 0 aliphatic carbocycles. The van der Waals surface area contributed by atoms with Crippen molar-refractivity contribution in [2.45, 2.75) is 110 Å².